The number of nitrogens with zero attached hydrogens (tertiary/aromatic N) is 4. The maximum absolute atomic E-state index is 12.9. The lowest BCUT2D eigenvalue weighted by Gasteiger charge is -2.24. The van der Waals surface area contributed by atoms with Gasteiger partial charge in [0.25, 0.3) is 5.56 Å². The van der Waals surface area contributed by atoms with Gasteiger partial charge in [-0.3, -0.25) is 14.5 Å². The molecule has 0 spiro atoms. The predicted octanol–water partition coefficient (Wildman–Crippen LogP) is 5.12. The number of anilines is 1. The highest BCUT2D eigenvalue weighted by atomic mass is 35.5. The molecule has 6 nitrogen and oxygen atoms in total. The van der Waals surface area contributed by atoms with E-state index in [2.05, 4.69) is 17.0 Å². The van der Waals surface area contributed by atoms with Crippen LogP contribution in [-0.4, -0.2) is 19.7 Å². The van der Waals surface area contributed by atoms with Crippen molar-refractivity contribution in [3.05, 3.63) is 85.8 Å². The van der Waals surface area contributed by atoms with Crippen LogP contribution in [0.1, 0.15) is 30.2 Å². The molecule has 0 saturated carbocycles. The zero-order valence-corrected chi connectivity index (χ0v) is 18.9. The lowest BCUT2D eigenvalue weighted by atomic mass is 10.1. The Morgan fingerprint density at radius 1 is 1.03 bits per heavy atom. The zero-order chi connectivity index (χ0) is 22.0. The molecular weight excluding hydrogens is 433 g/mol. The lowest BCUT2D eigenvalue weighted by Crippen LogP contribution is -2.27. The lowest BCUT2D eigenvalue weighted by molar-refractivity contribution is 0.749. The van der Waals surface area contributed by atoms with E-state index in [4.69, 9.17) is 28.2 Å². The summed E-state index contributed by atoms with van der Waals surface area (Å²) >= 11 is 12.3. The van der Waals surface area contributed by atoms with E-state index < -0.39 is 0 Å². The molecule has 0 aliphatic carbocycles. The van der Waals surface area contributed by atoms with Crippen LogP contribution in [0.25, 0.3) is 11.0 Å². The van der Waals surface area contributed by atoms with E-state index in [1.807, 2.05) is 47.4 Å². The molecule has 2 aromatic heterocycles. The molecule has 0 fully saturated rings. The Balaban J connectivity index is 1.80. The van der Waals surface area contributed by atoms with Gasteiger partial charge in [0.05, 0.1) is 15.7 Å². The second-order valence-corrected chi connectivity index (χ2v) is 8.31. The molecule has 31 heavy (non-hydrogen) atoms. The number of aromatic amines is 1. The number of hydrogen-bond acceptors (Lipinski definition) is 4. The van der Waals surface area contributed by atoms with Gasteiger partial charge >= 0.3 is 0 Å². The van der Waals surface area contributed by atoms with Gasteiger partial charge in [-0.25, -0.2) is 4.98 Å². The van der Waals surface area contributed by atoms with Crippen LogP contribution in [-0.2, 0) is 26.6 Å². The number of H-pyrrole nitrogens is 1. The highest BCUT2D eigenvalue weighted by molar-refractivity contribution is 6.42. The molecule has 2 aromatic carbocycles. The third kappa shape index (κ3) is 4.60. The molecule has 0 amide bonds. The fourth-order valence-corrected chi connectivity index (χ4v) is 3.98. The van der Waals surface area contributed by atoms with E-state index in [0.29, 0.717) is 40.1 Å². The smallest absolute Gasteiger partial charge is 0.278 e. The van der Waals surface area contributed by atoms with E-state index in [1.54, 1.807) is 17.8 Å². The van der Waals surface area contributed by atoms with Gasteiger partial charge < -0.3 is 4.90 Å². The Labute approximate surface area is 190 Å². The van der Waals surface area contributed by atoms with Gasteiger partial charge in [-0.2, -0.15) is 5.10 Å². The molecule has 0 radical (unpaired) electrons. The minimum absolute atomic E-state index is 0.204. The van der Waals surface area contributed by atoms with Crippen molar-refractivity contribution >= 4 is 40.2 Å². The van der Waals surface area contributed by atoms with E-state index in [0.717, 1.165) is 29.7 Å². The van der Waals surface area contributed by atoms with E-state index >= 15 is 0 Å². The number of aryl methyl sites for hydroxylation is 2. The molecule has 160 valence electrons. The Morgan fingerprint density at radius 3 is 2.48 bits per heavy atom. The van der Waals surface area contributed by atoms with Crippen LogP contribution in [0.2, 0.25) is 10.0 Å². The molecule has 0 unspecified atom stereocenters. The first kappa shape index (κ1) is 21.4. The van der Waals surface area contributed by atoms with Crippen molar-refractivity contribution in [1.29, 1.82) is 0 Å². The molecule has 0 saturated heterocycles. The first-order valence-corrected chi connectivity index (χ1v) is 10.9. The van der Waals surface area contributed by atoms with Gasteiger partial charge in [-0.15, -0.1) is 0 Å². The summed E-state index contributed by atoms with van der Waals surface area (Å²) in [5.74, 6) is 0.498. The van der Waals surface area contributed by atoms with E-state index in [-0.39, 0.29) is 5.56 Å². The average Bonchev–Trinajstić information content (AvgIpc) is 3.07. The molecule has 1 N–H and O–H groups in total. The normalized spacial score (nSPS) is 11.2. The van der Waals surface area contributed by atoms with Gasteiger partial charge in [0, 0.05) is 20.1 Å². The van der Waals surface area contributed by atoms with Crippen LogP contribution < -0.4 is 10.5 Å². The first-order valence-electron chi connectivity index (χ1n) is 10.1. The van der Waals surface area contributed by atoms with Crippen molar-refractivity contribution in [3.63, 3.8) is 0 Å². The highest BCUT2D eigenvalue weighted by Crippen LogP contribution is 2.25. The van der Waals surface area contributed by atoms with Crippen molar-refractivity contribution in [2.75, 3.05) is 4.90 Å². The van der Waals surface area contributed by atoms with E-state index in [9.17, 15) is 4.79 Å². The number of aromatic nitrogens is 4. The zero-order valence-electron chi connectivity index (χ0n) is 17.4. The van der Waals surface area contributed by atoms with Crippen molar-refractivity contribution < 1.29 is 0 Å². The summed E-state index contributed by atoms with van der Waals surface area (Å²) in [6, 6.07) is 15.6. The standard InChI is InChI=1S/C23H23Cl2N5O/c1-3-7-19-20-21(29(2)28-19)22(31)27-23(26-20)30(13-15-8-5-4-6-9-15)14-16-10-11-17(24)18(25)12-16/h4-6,8-12H,3,7,13-14H2,1-2H3,(H,26,27,31). The van der Waals surface area contributed by atoms with Gasteiger partial charge in [0.2, 0.25) is 5.95 Å². The molecular formula is C23H23Cl2N5O. The SMILES string of the molecule is CCCc1nn(C)c2c(=O)[nH]c(N(Cc3ccccc3)Cc3ccc(Cl)c(Cl)c3)nc12. The Kier molecular flexibility index (Phi) is 6.30. The summed E-state index contributed by atoms with van der Waals surface area (Å²) in [6.45, 7) is 3.16. The molecule has 8 heteroatoms. The molecule has 0 atom stereocenters. The fraction of sp³-hybridized carbons (Fsp3) is 0.261. The highest BCUT2D eigenvalue weighted by Gasteiger charge is 2.18. The summed E-state index contributed by atoms with van der Waals surface area (Å²) in [7, 11) is 1.77. The summed E-state index contributed by atoms with van der Waals surface area (Å²) in [6.07, 6.45) is 1.69. The van der Waals surface area contributed by atoms with E-state index in [1.165, 1.54) is 0 Å². The van der Waals surface area contributed by atoms with Gasteiger partial charge in [-0.1, -0.05) is 72.9 Å². The van der Waals surface area contributed by atoms with Crippen LogP contribution in [0.15, 0.2) is 53.3 Å². The molecule has 2 heterocycles. The largest absolute Gasteiger partial charge is 0.334 e. The van der Waals surface area contributed by atoms with Crippen molar-refractivity contribution in [2.24, 2.45) is 7.05 Å². The van der Waals surface area contributed by atoms with Crippen molar-refractivity contribution in [1.82, 2.24) is 19.7 Å². The number of halogens is 2. The Hall–Kier alpha value is -2.83. The molecule has 4 aromatic rings. The number of nitrogens with one attached hydrogen (secondary N) is 1. The van der Waals surface area contributed by atoms with Gasteiger partial charge in [-0.05, 0) is 29.7 Å². The molecule has 4 rings (SSSR count). The molecule has 0 aliphatic heterocycles. The van der Waals surface area contributed by atoms with Crippen LogP contribution in [0.3, 0.4) is 0 Å². The van der Waals surface area contributed by atoms with Crippen molar-refractivity contribution in [3.8, 4) is 0 Å². The monoisotopic (exact) mass is 455 g/mol. The van der Waals surface area contributed by atoms with Gasteiger partial charge in [0.15, 0.2) is 5.52 Å². The average molecular weight is 456 g/mol. The number of rotatable bonds is 7. The van der Waals surface area contributed by atoms with Crippen LogP contribution in [0, 0.1) is 0 Å². The topological polar surface area (TPSA) is 66.8 Å². The number of fused-ring (bicyclic) bond motifs is 1. The third-order valence-electron chi connectivity index (χ3n) is 5.11. The number of benzene rings is 2. The van der Waals surface area contributed by atoms with Crippen LogP contribution >= 0.6 is 23.2 Å². The maximum Gasteiger partial charge on any atom is 0.278 e. The summed E-state index contributed by atoms with van der Waals surface area (Å²) < 4.78 is 1.61. The predicted molar refractivity (Wildman–Crippen MR) is 126 cm³/mol. The van der Waals surface area contributed by atoms with Crippen LogP contribution in [0.4, 0.5) is 5.95 Å². The fourth-order valence-electron chi connectivity index (χ4n) is 3.66. The van der Waals surface area contributed by atoms with Gasteiger partial charge in [0.1, 0.15) is 5.52 Å². The summed E-state index contributed by atoms with van der Waals surface area (Å²) in [5, 5.41) is 5.51. The summed E-state index contributed by atoms with van der Waals surface area (Å²) in [5.41, 5.74) is 3.83. The first-order chi connectivity index (χ1) is 15.0. The minimum Gasteiger partial charge on any atom is -0.334 e. The maximum atomic E-state index is 12.9. The third-order valence-corrected chi connectivity index (χ3v) is 5.85. The summed E-state index contributed by atoms with van der Waals surface area (Å²) in [4.78, 5) is 22.7. The van der Waals surface area contributed by atoms with Crippen molar-refractivity contribution in [2.45, 2.75) is 32.9 Å². The Morgan fingerprint density at radius 2 is 1.77 bits per heavy atom. The minimum atomic E-state index is -0.204. The second kappa shape index (κ2) is 9.12. The Bertz CT molecular complexity index is 1270. The second-order valence-electron chi connectivity index (χ2n) is 7.50. The molecule has 0 bridgehead atoms. The number of hydrogen-bond donors (Lipinski definition) is 1. The quantitative estimate of drug-likeness (QED) is 0.419. The van der Waals surface area contributed by atoms with Crippen LogP contribution in [0.5, 0.6) is 0 Å². The molecule has 0 aliphatic rings.